The molecule has 6 heteroatoms. The van der Waals surface area contributed by atoms with Gasteiger partial charge in [-0.3, -0.25) is 5.10 Å². The maximum atomic E-state index is 10.8. The molecule has 1 heterocycles. The molecule has 0 aliphatic heterocycles. The van der Waals surface area contributed by atoms with Gasteiger partial charge in [-0.05, 0) is 18.9 Å². The topological polar surface area (TPSA) is 62.8 Å². The number of hydrogen-bond acceptors (Lipinski definition) is 3. The van der Waals surface area contributed by atoms with Crippen molar-refractivity contribution < 1.29 is 8.42 Å². The number of aromatic nitrogens is 2. The summed E-state index contributed by atoms with van der Waals surface area (Å²) in [5, 5.41) is 6.13. The lowest BCUT2D eigenvalue weighted by molar-refractivity contribution is 0.605. The number of aromatic amines is 1. The van der Waals surface area contributed by atoms with Crippen molar-refractivity contribution in [2.75, 3.05) is 0 Å². The van der Waals surface area contributed by atoms with Crippen LogP contribution in [0.15, 0.2) is 11.1 Å². The largest absolute Gasteiger partial charge is 0.281 e. The summed E-state index contributed by atoms with van der Waals surface area (Å²) >= 11 is 0. The quantitative estimate of drug-likeness (QED) is 0.789. The summed E-state index contributed by atoms with van der Waals surface area (Å²) in [6.07, 6.45) is 2.86. The molecule has 0 atom stereocenters. The van der Waals surface area contributed by atoms with Gasteiger partial charge in [0.1, 0.15) is 0 Å². The standard InChI is InChI=1S/C7H11ClN2O2S/c1-2-3-4-6-5-7(10-9-6)13(8,11)12/h5H,2-4H2,1H3,(H,9,10). The predicted molar refractivity (Wildman–Crippen MR) is 50.2 cm³/mol. The Hall–Kier alpha value is -0.550. The first-order valence-corrected chi connectivity index (χ1v) is 6.34. The van der Waals surface area contributed by atoms with Crippen molar-refractivity contribution in [3.8, 4) is 0 Å². The highest BCUT2D eigenvalue weighted by Gasteiger charge is 2.13. The molecule has 1 N–H and O–H groups in total. The molecular weight excluding hydrogens is 212 g/mol. The van der Waals surface area contributed by atoms with E-state index in [4.69, 9.17) is 10.7 Å². The zero-order valence-corrected chi connectivity index (χ0v) is 8.82. The van der Waals surface area contributed by atoms with Gasteiger partial charge in [0.15, 0.2) is 5.03 Å². The zero-order valence-electron chi connectivity index (χ0n) is 7.25. The average Bonchev–Trinajstić information content (AvgIpc) is 2.47. The summed E-state index contributed by atoms with van der Waals surface area (Å²) in [5.41, 5.74) is 0.807. The molecule has 13 heavy (non-hydrogen) atoms. The number of aryl methyl sites for hydroxylation is 1. The van der Waals surface area contributed by atoms with Gasteiger partial charge in [0, 0.05) is 16.4 Å². The molecule has 0 aliphatic carbocycles. The summed E-state index contributed by atoms with van der Waals surface area (Å²) in [5.74, 6) is 0. The Labute approximate surface area is 81.7 Å². The lowest BCUT2D eigenvalue weighted by Gasteiger charge is -1.90. The summed E-state index contributed by atoms with van der Waals surface area (Å²) in [4.78, 5) is 0. The van der Waals surface area contributed by atoms with E-state index in [9.17, 15) is 8.42 Å². The molecule has 4 nitrogen and oxygen atoms in total. The Morgan fingerprint density at radius 3 is 2.77 bits per heavy atom. The minimum absolute atomic E-state index is 0.0970. The van der Waals surface area contributed by atoms with Gasteiger partial charge in [-0.1, -0.05) is 13.3 Å². The minimum atomic E-state index is -3.68. The molecule has 0 unspecified atom stereocenters. The van der Waals surface area contributed by atoms with Crippen LogP contribution in [0.25, 0.3) is 0 Å². The van der Waals surface area contributed by atoms with Crippen molar-refractivity contribution >= 4 is 19.7 Å². The van der Waals surface area contributed by atoms with Crippen LogP contribution in [0.1, 0.15) is 25.5 Å². The fourth-order valence-corrected chi connectivity index (χ4v) is 1.64. The molecule has 0 amide bonds. The minimum Gasteiger partial charge on any atom is -0.281 e. The molecule has 0 radical (unpaired) electrons. The van der Waals surface area contributed by atoms with Crippen molar-refractivity contribution in [2.24, 2.45) is 0 Å². The second-order valence-corrected chi connectivity index (χ2v) is 5.29. The molecule has 0 fully saturated rings. The van der Waals surface area contributed by atoms with Crippen LogP contribution in [0.2, 0.25) is 0 Å². The molecule has 1 rings (SSSR count). The number of rotatable bonds is 4. The monoisotopic (exact) mass is 222 g/mol. The summed E-state index contributed by atoms with van der Waals surface area (Å²) in [6.45, 7) is 2.07. The smallest absolute Gasteiger partial charge is 0.280 e. The number of H-pyrrole nitrogens is 1. The molecule has 0 aliphatic rings. The van der Waals surface area contributed by atoms with Crippen molar-refractivity contribution in [3.63, 3.8) is 0 Å². The van der Waals surface area contributed by atoms with Crippen molar-refractivity contribution in [2.45, 2.75) is 31.2 Å². The first kappa shape index (κ1) is 10.5. The maximum Gasteiger partial charge on any atom is 0.280 e. The number of nitrogens with one attached hydrogen (secondary N) is 1. The van der Waals surface area contributed by atoms with Crippen molar-refractivity contribution in [1.82, 2.24) is 10.2 Å². The van der Waals surface area contributed by atoms with E-state index >= 15 is 0 Å². The molecular formula is C7H11ClN2O2S. The van der Waals surface area contributed by atoms with Gasteiger partial charge in [0.25, 0.3) is 9.05 Å². The van der Waals surface area contributed by atoms with E-state index in [1.807, 2.05) is 0 Å². The summed E-state index contributed by atoms with van der Waals surface area (Å²) in [6, 6.07) is 1.47. The maximum absolute atomic E-state index is 10.8. The first-order valence-electron chi connectivity index (χ1n) is 4.03. The Morgan fingerprint density at radius 1 is 1.62 bits per heavy atom. The van der Waals surface area contributed by atoms with E-state index in [0.29, 0.717) is 0 Å². The van der Waals surface area contributed by atoms with Crippen LogP contribution in [0.4, 0.5) is 0 Å². The lowest BCUT2D eigenvalue weighted by atomic mass is 10.2. The molecule has 1 aromatic rings. The van der Waals surface area contributed by atoms with Crippen LogP contribution in [-0.4, -0.2) is 18.6 Å². The molecule has 0 bridgehead atoms. The van der Waals surface area contributed by atoms with Crippen LogP contribution in [0, 0.1) is 0 Å². The van der Waals surface area contributed by atoms with Gasteiger partial charge >= 0.3 is 0 Å². The second kappa shape index (κ2) is 4.11. The lowest BCUT2D eigenvalue weighted by Crippen LogP contribution is -1.89. The number of halogens is 1. The molecule has 1 aromatic heterocycles. The van der Waals surface area contributed by atoms with Gasteiger partial charge in [-0.15, -0.1) is 0 Å². The fraction of sp³-hybridized carbons (Fsp3) is 0.571. The number of nitrogens with zero attached hydrogens (tertiary/aromatic N) is 1. The van der Waals surface area contributed by atoms with Crippen molar-refractivity contribution in [1.29, 1.82) is 0 Å². The first-order chi connectivity index (χ1) is 6.04. The van der Waals surface area contributed by atoms with Crippen LogP contribution >= 0.6 is 10.7 Å². The average molecular weight is 223 g/mol. The molecule has 74 valence electrons. The van der Waals surface area contributed by atoms with Gasteiger partial charge in [-0.25, -0.2) is 8.42 Å². The highest BCUT2D eigenvalue weighted by molar-refractivity contribution is 8.13. The van der Waals surface area contributed by atoms with Gasteiger partial charge in [0.2, 0.25) is 0 Å². The van der Waals surface area contributed by atoms with Crippen molar-refractivity contribution in [3.05, 3.63) is 11.8 Å². The van der Waals surface area contributed by atoms with Gasteiger partial charge in [0.05, 0.1) is 0 Å². The van der Waals surface area contributed by atoms with E-state index < -0.39 is 9.05 Å². The fourth-order valence-electron chi connectivity index (χ4n) is 0.961. The second-order valence-electron chi connectivity index (χ2n) is 2.77. The molecule has 0 spiro atoms. The van der Waals surface area contributed by atoms with Gasteiger partial charge < -0.3 is 0 Å². The van der Waals surface area contributed by atoms with E-state index in [1.165, 1.54) is 6.07 Å². The van der Waals surface area contributed by atoms with E-state index in [-0.39, 0.29) is 5.03 Å². The Kier molecular flexibility index (Phi) is 3.33. The van der Waals surface area contributed by atoms with Gasteiger partial charge in [-0.2, -0.15) is 5.10 Å². The summed E-state index contributed by atoms with van der Waals surface area (Å²) in [7, 11) is 1.42. The Bertz CT molecular complexity index is 372. The third-order valence-electron chi connectivity index (χ3n) is 1.66. The zero-order chi connectivity index (χ0) is 9.90. The Balaban J connectivity index is 2.76. The van der Waals surface area contributed by atoms with Crippen LogP contribution in [0.3, 0.4) is 0 Å². The van der Waals surface area contributed by atoms with Crippen LogP contribution in [-0.2, 0) is 15.5 Å². The number of unbranched alkanes of at least 4 members (excludes halogenated alkanes) is 1. The van der Waals surface area contributed by atoms with E-state index in [2.05, 4.69) is 17.1 Å². The highest BCUT2D eigenvalue weighted by atomic mass is 35.7. The van der Waals surface area contributed by atoms with Crippen LogP contribution < -0.4 is 0 Å². The molecule has 0 saturated carbocycles. The highest BCUT2D eigenvalue weighted by Crippen LogP contribution is 2.13. The molecule has 0 saturated heterocycles. The molecule has 0 aromatic carbocycles. The van der Waals surface area contributed by atoms with E-state index in [1.54, 1.807) is 0 Å². The van der Waals surface area contributed by atoms with Crippen LogP contribution in [0.5, 0.6) is 0 Å². The third kappa shape index (κ3) is 3.00. The van der Waals surface area contributed by atoms with E-state index in [0.717, 1.165) is 25.0 Å². The third-order valence-corrected chi connectivity index (χ3v) is 2.84. The SMILES string of the molecule is CCCCc1cc(S(=O)(=O)Cl)n[nH]1. The summed E-state index contributed by atoms with van der Waals surface area (Å²) < 4.78 is 21.6. The Morgan fingerprint density at radius 2 is 2.31 bits per heavy atom. The predicted octanol–water partition coefficient (Wildman–Crippen LogP) is 1.68. The number of hydrogen-bond donors (Lipinski definition) is 1. The normalized spacial score (nSPS) is 11.8.